The van der Waals surface area contributed by atoms with Crippen molar-refractivity contribution in [1.82, 2.24) is 9.78 Å². The summed E-state index contributed by atoms with van der Waals surface area (Å²) in [5, 5.41) is 13.3. The molecule has 0 aliphatic rings. The molecule has 0 saturated heterocycles. The summed E-state index contributed by atoms with van der Waals surface area (Å²) in [7, 11) is 0. The number of aliphatic carboxylic acids is 1. The Morgan fingerprint density at radius 3 is 2.61 bits per heavy atom. The number of carboxylic acid groups (broad SMARTS) is 1. The summed E-state index contributed by atoms with van der Waals surface area (Å²) in [6.45, 7) is 0. The van der Waals surface area contributed by atoms with E-state index in [1.807, 2.05) is 24.3 Å². The van der Waals surface area contributed by atoms with Gasteiger partial charge in [0, 0.05) is 12.6 Å². The van der Waals surface area contributed by atoms with E-state index in [0.717, 1.165) is 17.7 Å². The van der Waals surface area contributed by atoms with E-state index in [2.05, 4.69) is 5.10 Å². The van der Waals surface area contributed by atoms with Crippen LogP contribution in [0.1, 0.15) is 18.4 Å². The smallest absolute Gasteiger partial charge is 0.303 e. The van der Waals surface area contributed by atoms with E-state index in [1.165, 1.54) is 0 Å². The molecule has 0 spiro atoms. The van der Waals surface area contributed by atoms with Gasteiger partial charge in [0.15, 0.2) is 0 Å². The first-order valence-electron chi connectivity index (χ1n) is 5.66. The lowest BCUT2D eigenvalue weighted by Crippen LogP contribution is -1.97. The summed E-state index contributed by atoms with van der Waals surface area (Å²) >= 11 is 5.80. The quantitative estimate of drug-likeness (QED) is 0.903. The highest BCUT2D eigenvalue weighted by Gasteiger charge is 2.01. The zero-order valence-corrected chi connectivity index (χ0v) is 10.5. The fraction of sp³-hybridized carbons (Fsp3) is 0.231. The number of hydrogen-bond acceptors (Lipinski definition) is 2. The van der Waals surface area contributed by atoms with E-state index in [1.54, 1.807) is 17.1 Å². The molecule has 1 aromatic heterocycles. The summed E-state index contributed by atoms with van der Waals surface area (Å²) in [6, 6.07) is 7.85. The van der Waals surface area contributed by atoms with Crippen LogP contribution in [-0.4, -0.2) is 20.9 Å². The third-order valence-electron chi connectivity index (χ3n) is 2.61. The lowest BCUT2D eigenvalue weighted by Gasteiger charge is -2.03. The first-order chi connectivity index (χ1) is 8.65. The van der Waals surface area contributed by atoms with Crippen LogP contribution in [0.4, 0.5) is 0 Å². The van der Waals surface area contributed by atoms with Gasteiger partial charge in [0.05, 0.1) is 16.9 Å². The van der Waals surface area contributed by atoms with Gasteiger partial charge < -0.3 is 5.11 Å². The van der Waals surface area contributed by atoms with Crippen molar-refractivity contribution in [2.75, 3.05) is 0 Å². The van der Waals surface area contributed by atoms with E-state index >= 15 is 0 Å². The van der Waals surface area contributed by atoms with Crippen LogP contribution in [0.15, 0.2) is 36.7 Å². The highest BCUT2D eigenvalue weighted by molar-refractivity contribution is 6.30. The highest BCUT2D eigenvalue weighted by Crippen LogP contribution is 2.13. The number of carbonyl (C=O) groups is 1. The number of rotatable bonds is 5. The topological polar surface area (TPSA) is 55.1 Å². The number of aryl methyl sites for hydroxylation is 1. The second kappa shape index (κ2) is 5.69. The van der Waals surface area contributed by atoms with E-state index in [-0.39, 0.29) is 6.42 Å². The second-order valence-corrected chi connectivity index (χ2v) is 4.45. The molecule has 0 radical (unpaired) electrons. The number of benzene rings is 1. The summed E-state index contributed by atoms with van der Waals surface area (Å²) in [6.07, 6.45) is 4.95. The Hall–Kier alpha value is -1.81. The zero-order valence-electron chi connectivity index (χ0n) is 9.71. The average molecular weight is 265 g/mol. The lowest BCUT2D eigenvalue weighted by atomic mass is 10.1. The monoisotopic (exact) mass is 264 g/mol. The standard InChI is InChI=1S/C13H13ClN2O2/c14-11-8-15-16(9-11)12-6-4-10(5-7-12)2-1-3-13(17)18/h4-9H,1-3H2,(H,17,18). The molecule has 0 aliphatic carbocycles. The molecule has 0 aliphatic heterocycles. The average Bonchev–Trinajstić information content (AvgIpc) is 2.76. The van der Waals surface area contributed by atoms with Crippen molar-refractivity contribution in [1.29, 1.82) is 0 Å². The number of carboxylic acids is 1. The Morgan fingerprint density at radius 2 is 2.06 bits per heavy atom. The van der Waals surface area contributed by atoms with Crippen molar-refractivity contribution in [3.8, 4) is 5.69 Å². The predicted molar refractivity (Wildman–Crippen MR) is 69.1 cm³/mol. The van der Waals surface area contributed by atoms with E-state index in [9.17, 15) is 4.79 Å². The van der Waals surface area contributed by atoms with Gasteiger partial charge in [-0.05, 0) is 30.5 Å². The fourth-order valence-corrected chi connectivity index (χ4v) is 1.84. The van der Waals surface area contributed by atoms with Crippen LogP contribution >= 0.6 is 11.6 Å². The molecule has 1 N–H and O–H groups in total. The van der Waals surface area contributed by atoms with Gasteiger partial charge >= 0.3 is 5.97 Å². The van der Waals surface area contributed by atoms with Crippen molar-refractivity contribution in [2.45, 2.75) is 19.3 Å². The van der Waals surface area contributed by atoms with Gasteiger partial charge in [-0.2, -0.15) is 5.10 Å². The second-order valence-electron chi connectivity index (χ2n) is 4.02. The maximum absolute atomic E-state index is 10.4. The Labute approximate surface area is 110 Å². The number of nitrogens with zero attached hydrogens (tertiary/aromatic N) is 2. The first-order valence-corrected chi connectivity index (χ1v) is 6.04. The van der Waals surface area contributed by atoms with E-state index < -0.39 is 5.97 Å². The molecular formula is C13H13ClN2O2. The van der Waals surface area contributed by atoms with Crippen LogP contribution in [0.25, 0.3) is 5.69 Å². The molecule has 2 rings (SSSR count). The largest absolute Gasteiger partial charge is 0.481 e. The van der Waals surface area contributed by atoms with Gasteiger partial charge in [-0.3, -0.25) is 4.79 Å². The Balaban J connectivity index is 1.99. The molecule has 0 atom stereocenters. The molecule has 0 bridgehead atoms. The van der Waals surface area contributed by atoms with Gasteiger partial charge in [-0.1, -0.05) is 23.7 Å². The summed E-state index contributed by atoms with van der Waals surface area (Å²) in [5.41, 5.74) is 2.06. The number of hydrogen-bond donors (Lipinski definition) is 1. The van der Waals surface area contributed by atoms with Crippen molar-refractivity contribution in [3.05, 3.63) is 47.2 Å². The molecular weight excluding hydrogens is 252 g/mol. The van der Waals surface area contributed by atoms with E-state index in [4.69, 9.17) is 16.7 Å². The number of aromatic nitrogens is 2. The van der Waals surface area contributed by atoms with E-state index in [0.29, 0.717) is 11.4 Å². The fourth-order valence-electron chi connectivity index (χ4n) is 1.70. The van der Waals surface area contributed by atoms with Crippen molar-refractivity contribution in [3.63, 3.8) is 0 Å². The molecule has 0 amide bonds. The van der Waals surface area contributed by atoms with Gasteiger partial charge in [0.2, 0.25) is 0 Å². The van der Waals surface area contributed by atoms with Gasteiger partial charge in [0.1, 0.15) is 0 Å². The molecule has 0 unspecified atom stereocenters. The van der Waals surface area contributed by atoms with Gasteiger partial charge in [0.25, 0.3) is 0 Å². The van der Waals surface area contributed by atoms with Crippen LogP contribution in [0, 0.1) is 0 Å². The zero-order chi connectivity index (χ0) is 13.0. The number of halogens is 1. The molecule has 4 nitrogen and oxygen atoms in total. The Bertz CT molecular complexity index is 534. The normalized spacial score (nSPS) is 10.5. The third kappa shape index (κ3) is 3.34. The third-order valence-corrected chi connectivity index (χ3v) is 2.80. The molecule has 1 aromatic carbocycles. The van der Waals surface area contributed by atoms with Crippen molar-refractivity contribution >= 4 is 17.6 Å². The van der Waals surface area contributed by atoms with Crippen LogP contribution in [0.5, 0.6) is 0 Å². The predicted octanol–water partition coefficient (Wildman–Crippen LogP) is 2.93. The van der Waals surface area contributed by atoms with Gasteiger partial charge in [-0.15, -0.1) is 0 Å². The first kappa shape index (κ1) is 12.6. The maximum Gasteiger partial charge on any atom is 0.303 e. The van der Waals surface area contributed by atoms with Crippen LogP contribution in [-0.2, 0) is 11.2 Å². The summed E-state index contributed by atoms with van der Waals surface area (Å²) in [4.78, 5) is 10.4. The highest BCUT2D eigenvalue weighted by atomic mass is 35.5. The minimum Gasteiger partial charge on any atom is -0.481 e. The molecule has 0 saturated carbocycles. The SMILES string of the molecule is O=C(O)CCCc1ccc(-n2cc(Cl)cn2)cc1. The molecule has 1 heterocycles. The molecule has 0 fully saturated rings. The van der Waals surface area contributed by atoms with Crippen LogP contribution < -0.4 is 0 Å². The summed E-state index contributed by atoms with van der Waals surface area (Å²) in [5.74, 6) is -0.752. The molecule has 94 valence electrons. The maximum atomic E-state index is 10.4. The minimum atomic E-state index is -0.752. The van der Waals surface area contributed by atoms with Crippen LogP contribution in [0.3, 0.4) is 0 Å². The minimum absolute atomic E-state index is 0.205. The molecule has 5 heteroatoms. The van der Waals surface area contributed by atoms with Gasteiger partial charge in [-0.25, -0.2) is 4.68 Å². The molecule has 2 aromatic rings. The van der Waals surface area contributed by atoms with Crippen molar-refractivity contribution < 1.29 is 9.90 Å². The Morgan fingerprint density at radius 1 is 1.33 bits per heavy atom. The summed E-state index contributed by atoms with van der Waals surface area (Å²) < 4.78 is 1.70. The van der Waals surface area contributed by atoms with Crippen LogP contribution in [0.2, 0.25) is 5.02 Å². The van der Waals surface area contributed by atoms with Crippen molar-refractivity contribution in [2.24, 2.45) is 0 Å². The Kier molecular flexibility index (Phi) is 3.99. The molecule has 18 heavy (non-hydrogen) atoms. The lowest BCUT2D eigenvalue weighted by molar-refractivity contribution is -0.137.